The molecule has 0 atom stereocenters. The molecule has 1 heterocycles. The second-order valence-corrected chi connectivity index (χ2v) is 8.48. The van der Waals surface area contributed by atoms with Crippen molar-refractivity contribution in [3.63, 3.8) is 0 Å². The Labute approximate surface area is 148 Å². The third kappa shape index (κ3) is 3.43. The molecule has 0 N–H and O–H groups in total. The number of hydrogen-bond donors (Lipinski definition) is 0. The van der Waals surface area contributed by atoms with Gasteiger partial charge in [0, 0.05) is 36.9 Å². The smallest absolute Gasteiger partial charge is 0.243 e. The van der Waals surface area contributed by atoms with E-state index in [2.05, 4.69) is 36.1 Å². The average Bonchev–Trinajstić information content (AvgIpc) is 2.58. The minimum atomic E-state index is -3.49. The van der Waals surface area contributed by atoms with E-state index in [0.717, 1.165) is 11.3 Å². The van der Waals surface area contributed by atoms with Crippen LogP contribution in [0.2, 0.25) is 5.02 Å². The van der Waals surface area contributed by atoms with Crippen molar-refractivity contribution in [1.82, 2.24) is 4.31 Å². The molecule has 1 fully saturated rings. The van der Waals surface area contributed by atoms with Crippen LogP contribution in [0.25, 0.3) is 0 Å². The highest BCUT2D eigenvalue weighted by Gasteiger charge is 2.28. The van der Waals surface area contributed by atoms with Gasteiger partial charge >= 0.3 is 0 Å². The van der Waals surface area contributed by atoms with Gasteiger partial charge in [0.05, 0.1) is 4.90 Å². The van der Waals surface area contributed by atoms with Crippen LogP contribution in [-0.2, 0) is 10.0 Å². The Balaban J connectivity index is 1.73. The van der Waals surface area contributed by atoms with Crippen LogP contribution in [0.5, 0.6) is 0 Å². The maximum atomic E-state index is 12.8. The summed E-state index contributed by atoms with van der Waals surface area (Å²) in [5.74, 6) is 0. The van der Waals surface area contributed by atoms with Crippen molar-refractivity contribution in [2.24, 2.45) is 0 Å². The number of anilines is 1. The fourth-order valence-electron chi connectivity index (χ4n) is 2.83. The van der Waals surface area contributed by atoms with Crippen molar-refractivity contribution in [3.05, 3.63) is 58.6 Å². The largest absolute Gasteiger partial charge is 0.369 e. The molecule has 0 spiro atoms. The lowest BCUT2D eigenvalue weighted by molar-refractivity contribution is 0.385. The molecule has 128 valence electrons. The molecular weight excluding hydrogens is 344 g/mol. The molecule has 0 radical (unpaired) electrons. The number of halogens is 1. The van der Waals surface area contributed by atoms with Gasteiger partial charge in [0.15, 0.2) is 0 Å². The number of hydrogen-bond acceptors (Lipinski definition) is 3. The van der Waals surface area contributed by atoms with Crippen LogP contribution < -0.4 is 4.90 Å². The van der Waals surface area contributed by atoms with Gasteiger partial charge in [-0.05, 0) is 43.7 Å². The molecular formula is C18H21ClN2O2S. The second-order valence-electron chi connectivity index (χ2n) is 6.14. The van der Waals surface area contributed by atoms with Crippen LogP contribution in [0.1, 0.15) is 11.1 Å². The fraction of sp³-hybridized carbons (Fsp3) is 0.333. The summed E-state index contributed by atoms with van der Waals surface area (Å²) in [5.41, 5.74) is 3.23. The van der Waals surface area contributed by atoms with Crippen LogP contribution in [0.15, 0.2) is 47.4 Å². The first-order chi connectivity index (χ1) is 11.4. The molecule has 4 nitrogen and oxygen atoms in total. The molecule has 2 aromatic carbocycles. The summed E-state index contributed by atoms with van der Waals surface area (Å²) in [6, 6.07) is 13.2. The van der Waals surface area contributed by atoms with E-state index in [1.807, 2.05) is 6.92 Å². The Hall–Kier alpha value is -1.56. The minimum absolute atomic E-state index is 0.266. The maximum Gasteiger partial charge on any atom is 0.243 e. The van der Waals surface area contributed by atoms with Crippen LogP contribution in [0.3, 0.4) is 0 Å². The Kier molecular flexibility index (Phi) is 4.85. The van der Waals surface area contributed by atoms with Gasteiger partial charge in [0.1, 0.15) is 0 Å². The maximum absolute atomic E-state index is 12.8. The summed E-state index contributed by atoms with van der Waals surface area (Å²) in [4.78, 5) is 2.48. The molecule has 24 heavy (non-hydrogen) atoms. The Morgan fingerprint density at radius 2 is 1.54 bits per heavy atom. The minimum Gasteiger partial charge on any atom is -0.369 e. The highest BCUT2D eigenvalue weighted by Crippen LogP contribution is 2.25. The molecule has 0 saturated carbocycles. The van der Waals surface area contributed by atoms with Crippen molar-refractivity contribution >= 4 is 27.3 Å². The number of aryl methyl sites for hydroxylation is 2. The molecule has 1 saturated heterocycles. The first-order valence-electron chi connectivity index (χ1n) is 7.96. The van der Waals surface area contributed by atoms with Gasteiger partial charge in [-0.25, -0.2) is 8.42 Å². The molecule has 0 amide bonds. The highest BCUT2D eigenvalue weighted by molar-refractivity contribution is 7.89. The molecule has 3 rings (SSSR count). The van der Waals surface area contributed by atoms with Crippen molar-refractivity contribution < 1.29 is 8.42 Å². The molecule has 1 aliphatic rings. The van der Waals surface area contributed by atoms with E-state index in [1.54, 1.807) is 22.5 Å². The van der Waals surface area contributed by atoms with Crippen LogP contribution in [0.4, 0.5) is 5.69 Å². The highest BCUT2D eigenvalue weighted by atomic mass is 35.5. The van der Waals surface area contributed by atoms with E-state index in [4.69, 9.17) is 11.6 Å². The Morgan fingerprint density at radius 3 is 2.12 bits per heavy atom. The van der Waals surface area contributed by atoms with Gasteiger partial charge in [-0.15, -0.1) is 0 Å². The number of benzene rings is 2. The lowest BCUT2D eigenvalue weighted by Gasteiger charge is -2.35. The summed E-state index contributed by atoms with van der Waals surface area (Å²) in [7, 11) is -3.49. The molecule has 2 aromatic rings. The zero-order chi connectivity index (χ0) is 17.3. The first-order valence-corrected chi connectivity index (χ1v) is 9.77. The lowest BCUT2D eigenvalue weighted by atomic mass is 10.2. The van der Waals surface area contributed by atoms with E-state index >= 15 is 0 Å². The standard InChI is InChI=1S/C18H21ClN2O2S/c1-14-3-6-16(7-4-14)20-9-11-21(12-10-20)24(22,23)17-8-5-15(2)18(19)13-17/h3-8,13H,9-12H2,1-2H3. The SMILES string of the molecule is Cc1ccc(N2CCN(S(=O)(=O)c3ccc(C)c(Cl)c3)CC2)cc1. The molecule has 0 unspecified atom stereocenters. The van der Waals surface area contributed by atoms with Gasteiger partial charge < -0.3 is 4.90 Å². The van der Waals surface area contributed by atoms with E-state index < -0.39 is 10.0 Å². The van der Waals surface area contributed by atoms with Crippen LogP contribution >= 0.6 is 11.6 Å². The Morgan fingerprint density at radius 1 is 0.917 bits per heavy atom. The summed E-state index contributed by atoms with van der Waals surface area (Å²) < 4.78 is 27.1. The molecule has 1 aliphatic heterocycles. The predicted octanol–water partition coefficient (Wildman–Crippen LogP) is 3.47. The van der Waals surface area contributed by atoms with Gasteiger partial charge in [0.2, 0.25) is 10.0 Å². The van der Waals surface area contributed by atoms with Crippen molar-refractivity contribution in [3.8, 4) is 0 Å². The summed E-state index contributed by atoms with van der Waals surface area (Å²) in [6.07, 6.45) is 0. The summed E-state index contributed by atoms with van der Waals surface area (Å²) in [5, 5.41) is 0.481. The van der Waals surface area contributed by atoms with E-state index in [1.165, 1.54) is 5.56 Å². The van der Waals surface area contributed by atoms with E-state index in [9.17, 15) is 8.42 Å². The monoisotopic (exact) mass is 364 g/mol. The van der Waals surface area contributed by atoms with Gasteiger partial charge in [-0.2, -0.15) is 4.31 Å². The molecule has 0 bridgehead atoms. The Bertz CT molecular complexity index is 827. The second kappa shape index (κ2) is 6.75. The lowest BCUT2D eigenvalue weighted by Crippen LogP contribution is -2.48. The van der Waals surface area contributed by atoms with E-state index in [-0.39, 0.29) is 4.90 Å². The quantitative estimate of drug-likeness (QED) is 0.837. The van der Waals surface area contributed by atoms with Crippen molar-refractivity contribution in [1.29, 1.82) is 0 Å². The zero-order valence-electron chi connectivity index (χ0n) is 13.9. The first kappa shape index (κ1) is 17.3. The normalized spacial score (nSPS) is 16.4. The predicted molar refractivity (Wildman–Crippen MR) is 98.3 cm³/mol. The number of nitrogens with zero attached hydrogens (tertiary/aromatic N) is 2. The zero-order valence-corrected chi connectivity index (χ0v) is 15.4. The number of piperazine rings is 1. The van der Waals surface area contributed by atoms with Crippen molar-refractivity contribution in [2.45, 2.75) is 18.7 Å². The van der Waals surface area contributed by atoms with Crippen LogP contribution in [-0.4, -0.2) is 38.9 Å². The third-order valence-electron chi connectivity index (χ3n) is 4.42. The summed E-state index contributed by atoms with van der Waals surface area (Å²) >= 11 is 6.08. The van der Waals surface area contributed by atoms with Crippen LogP contribution in [0, 0.1) is 13.8 Å². The number of rotatable bonds is 3. The molecule has 0 aromatic heterocycles. The van der Waals surface area contributed by atoms with E-state index in [0.29, 0.717) is 31.2 Å². The van der Waals surface area contributed by atoms with Gasteiger partial charge in [0.25, 0.3) is 0 Å². The van der Waals surface area contributed by atoms with Gasteiger partial charge in [-0.3, -0.25) is 0 Å². The summed E-state index contributed by atoms with van der Waals surface area (Å²) in [6.45, 7) is 6.23. The fourth-order valence-corrected chi connectivity index (χ4v) is 4.52. The average molecular weight is 365 g/mol. The topological polar surface area (TPSA) is 40.6 Å². The van der Waals surface area contributed by atoms with Crippen molar-refractivity contribution in [2.75, 3.05) is 31.1 Å². The number of sulfonamides is 1. The molecule has 0 aliphatic carbocycles. The third-order valence-corrected chi connectivity index (χ3v) is 6.72. The molecule has 6 heteroatoms. The van der Waals surface area contributed by atoms with Gasteiger partial charge in [-0.1, -0.05) is 35.4 Å².